The number of rotatable bonds is 1. The van der Waals surface area contributed by atoms with Crippen LogP contribution in [0, 0.1) is 5.82 Å². The summed E-state index contributed by atoms with van der Waals surface area (Å²) in [7, 11) is 1.77. The lowest BCUT2D eigenvalue weighted by molar-refractivity contribution is 0.637. The Kier molecular flexibility index (Phi) is 2.25. The van der Waals surface area contributed by atoms with E-state index in [-0.39, 0.29) is 0 Å². The molecule has 2 rings (SSSR count). The number of anilines is 1. The molecule has 0 bridgehead atoms. The molecule has 0 saturated heterocycles. The van der Waals surface area contributed by atoms with Crippen molar-refractivity contribution in [3.8, 4) is 0 Å². The van der Waals surface area contributed by atoms with Crippen molar-refractivity contribution in [1.82, 2.24) is 4.98 Å². The number of nitrogens with zero attached hydrogens (tertiary/aromatic N) is 1. The van der Waals surface area contributed by atoms with Gasteiger partial charge in [-0.1, -0.05) is 11.6 Å². The molecule has 0 unspecified atom stereocenters. The number of fused-ring (bicyclic) bond motifs is 1. The Morgan fingerprint density at radius 3 is 2.93 bits per heavy atom. The first-order valence-electron chi connectivity index (χ1n) is 4.14. The summed E-state index contributed by atoms with van der Waals surface area (Å²) in [6, 6.07) is 4.73. The lowest BCUT2D eigenvalue weighted by atomic mass is 10.2. The highest BCUT2D eigenvalue weighted by Gasteiger charge is 2.06. The molecule has 14 heavy (non-hydrogen) atoms. The largest absolute Gasteiger partial charge is 0.388 e. The van der Waals surface area contributed by atoms with Gasteiger partial charge in [0.2, 0.25) is 0 Å². The summed E-state index contributed by atoms with van der Waals surface area (Å²) in [5, 5.41) is 4.03. The fourth-order valence-corrected chi connectivity index (χ4v) is 1.60. The maximum absolute atomic E-state index is 13.4. The first kappa shape index (κ1) is 9.21. The first-order chi connectivity index (χ1) is 6.72. The second-order valence-electron chi connectivity index (χ2n) is 2.89. The van der Waals surface area contributed by atoms with E-state index in [0.29, 0.717) is 15.9 Å². The fraction of sp³-hybridized carbons (Fsp3) is 0.100. The molecule has 0 fully saturated rings. The summed E-state index contributed by atoms with van der Waals surface area (Å²) in [5.41, 5.74) is 1.15. The van der Waals surface area contributed by atoms with Crippen LogP contribution >= 0.6 is 11.6 Å². The number of hydrogen-bond acceptors (Lipinski definition) is 2. The Balaban J connectivity index is 2.86. The van der Waals surface area contributed by atoms with Crippen molar-refractivity contribution in [3.63, 3.8) is 0 Å². The zero-order valence-electron chi connectivity index (χ0n) is 7.51. The molecule has 1 aromatic carbocycles. The highest BCUT2D eigenvalue weighted by atomic mass is 35.5. The number of aromatic nitrogens is 1. The van der Waals surface area contributed by atoms with Crippen molar-refractivity contribution in [1.29, 1.82) is 0 Å². The third-order valence-electron chi connectivity index (χ3n) is 2.03. The van der Waals surface area contributed by atoms with Gasteiger partial charge in [0.15, 0.2) is 5.82 Å². The second kappa shape index (κ2) is 3.42. The molecule has 0 aliphatic rings. The van der Waals surface area contributed by atoms with Gasteiger partial charge in [0.1, 0.15) is 5.52 Å². The van der Waals surface area contributed by atoms with Crippen LogP contribution in [0.15, 0.2) is 24.4 Å². The molecule has 1 N–H and O–H groups in total. The van der Waals surface area contributed by atoms with E-state index in [1.807, 2.05) is 0 Å². The molecule has 72 valence electrons. The van der Waals surface area contributed by atoms with E-state index in [4.69, 9.17) is 11.6 Å². The maximum Gasteiger partial charge on any atom is 0.150 e. The van der Waals surface area contributed by atoms with E-state index in [1.165, 1.54) is 6.07 Å². The van der Waals surface area contributed by atoms with E-state index in [0.717, 1.165) is 5.69 Å². The number of halogens is 2. The molecule has 0 aliphatic carbocycles. The smallest absolute Gasteiger partial charge is 0.150 e. The third kappa shape index (κ3) is 1.40. The molecule has 1 heterocycles. The van der Waals surface area contributed by atoms with E-state index in [9.17, 15) is 4.39 Å². The Morgan fingerprint density at radius 2 is 2.21 bits per heavy atom. The molecule has 2 aromatic rings. The highest BCUT2D eigenvalue weighted by Crippen LogP contribution is 2.26. The summed E-state index contributed by atoms with van der Waals surface area (Å²) >= 11 is 5.76. The van der Waals surface area contributed by atoms with Crippen LogP contribution in [-0.2, 0) is 0 Å². The Labute approximate surface area is 85.7 Å². The number of hydrogen-bond donors (Lipinski definition) is 1. The van der Waals surface area contributed by atoms with Crippen LogP contribution in [0.1, 0.15) is 0 Å². The topological polar surface area (TPSA) is 24.9 Å². The molecule has 4 heteroatoms. The molecule has 0 radical (unpaired) electrons. The predicted molar refractivity (Wildman–Crippen MR) is 56.3 cm³/mol. The summed E-state index contributed by atoms with van der Waals surface area (Å²) in [4.78, 5) is 3.96. The highest BCUT2D eigenvalue weighted by molar-refractivity contribution is 6.31. The normalized spacial score (nSPS) is 10.5. The molecule has 0 aliphatic heterocycles. The Hall–Kier alpha value is -1.35. The van der Waals surface area contributed by atoms with Crippen LogP contribution in [0.5, 0.6) is 0 Å². The lowest BCUT2D eigenvalue weighted by Crippen LogP contribution is -1.92. The van der Waals surface area contributed by atoms with Gasteiger partial charge in [-0.25, -0.2) is 4.39 Å². The van der Waals surface area contributed by atoms with Gasteiger partial charge in [0, 0.05) is 29.3 Å². The second-order valence-corrected chi connectivity index (χ2v) is 3.33. The van der Waals surface area contributed by atoms with Gasteiger partial charge in [0.25, 0.3) is 0 Å². The van der Waals surface area contributed by atoms with Gasteiger partial charge in [-0.15, -0.1) is 0 Å². The molecule has 0 spiro atoms. The van der Waals surface area contributed by atoms with E-state index in [1.54, 1.807) is 25.4 Å². The minimum absolute atomic E-state index is 0.334. The Morgan fingerprint density at radius 1 is 1.43 bits per heavy atom. The summed E-state index contributed by atoms with van der Waals surface area (Å²) in [6.07, 6.45) is 1.56. The van der Waals surface area contributed by atoms with Crippen LogP contribution in [-0.4, -0.2) is 12.0 Å². The molecule has 0 atom stereocenters. The van der Waals surface area contributed by atoms with Gasteiger partial charge < -0.3 is 5.32 Å². The first-order valence-corrected chi connectivity index (χ1v) is 4.51. The van der Waals surface area contributed by atoms with Crippen molar-refractivity contribution >= 4 is 28.2 Å². The average Bonchev–Trinajstić information content (AvgIpc) is 2.17. The summed E-state index contributed by atoms with van der Waals surface area (Å²) in [5.74, 6) is -0.399. The number of nitrogens with one attached hydrogen (secondary N) is 1. The molecule has 0 amide bonds. The number of pyridine rings is 1. The van der Waals surface area contributed by atoms with Crippen LogP contribution in [0.2, 0.25) is 5.02 Å². The van der Waals surface area contributed by atoms with E-state index < -0.39 is 5.82 Å². The van der Waals surface area contributed by atoms with Crippen molar-refractivity contribution in [2.45, 2.75) is 0 Å². The van der Waals surface area contributed by atoms with Crippen LogP contribution in [0.25, 0.3) is 10.9 Å². The van der Waals surface area contributed by atoms with Gasteiger partial charge in [0.05, 0.1) is 0 Å². The molecular formula is C10H8ClFN2. The van der Waals surface area contributed by atoms with Crippen molar-refractivity contribution in [3.05, 3.63) is 35.2 Å². The minimum atomic E-state index is -0.399. The molecular weight excluding hydrogens is 203 g/mol. The molecule has 1 aromatic heterocycles. The lowest BCUT2D eigenvalue weighted by Gasteiger charge is -2.05. The van der Waals surface area contributed by atoms with Crippen LogP contribution in [0.3, 0.4) is 0 Å². The average molecular weight is 211 g/mol. The number of benzene rings is 1. The predicted octanol–water partition coefficient (Wildman–Crippen LogP) is 3.07. The van der Waals surface area contributed by atoms with Gasteiger partial charge >= 0.3 is 0 Å². The van der Waals surface area contributed by atoms with Gasteiger partial charge in [-0.3, -0.25) is 4.98 Å². The maximum atomic E-state index is 13.4. The molecule has 0 saturated carbocycles. The minimum Gasteiger partial charge on any atom is -0.388 e. The standard InChI is InChI=1S/C10H8ClFN2/c1-13-9-2-3-14-10-7(9)4-6(11)5-8(10)12/h2-5H,1H3,(H,13,14). The van der Waals surface area contributed by atoms with Crippen molar-refractivity contribution in [2.75, 3.05) is 12.4 Å². The van der Waals surface area contributed by atoms with Gasteiger partial charge in [-0.2, -0.15) is 0 Å². The quantitative estimate of drug-likeness (QED) is 0.783. The third-order valence-corrected chi connectivity index (χ3v) is 2.25. The fourth-order valence-electron chi connectivity index (χ4n) is 1.40. The Bertz CT molecular complexity index is 485. The molecule has 2 nitrogen and oxygen atoms in total. The van der Waals surface area contributed by atoms with Crippen LogP contribution < -0.4 is 5.32 Å². The zero-order valence-corrected chi connectivity index (χ0v) is 8.27. The van der Waals surface area contributed by atoms with E-state index >= 15 is 0 Å². The van der Waals surface area contributed by atoms with Crippen LogP contribution in [0.4, 0.5) is 10.1 Å². The van der Waals surface area contributed by atoms with Gasteiger partial charge in [-0.05, 0) is 18.2 Å². The zero-order chi connectivity index (χ0) is 10.1. The van der Waals surface area contributed by atoms with Crippen molar-refractivity contribution < 1.29 is 4.39 Å². The SMILES string of the molecule is CNc1ccnc2c(F)cc(Cl)cc12. The van der Waals surface area contributed by atoms with E-state index in [2.05, 4.69) is 10.3 Å². The summed E-state index contributed by atoms with van der Waals surface area (Å²) < 4.78 is 13.4. The monoisotopic (exact) mass is 210 g/mol. The van der Waals surface area contributed by atoms with Crippen molar-refractivity contribution in [2.24, 2.45) is 0 Å². The summed E-state index contributed by atoms with van der Waals surface area (Å²) in [6.45, 7) is 0.